The van der Waals surface area contributed by atoms with Crippen LogP contribution in [0.4, 0.5) is 5.69 Å². The van der Waals surface area contributed by atoms with Crippen LogP contribution < -0.4 is 19.7 Å². The Kier molecular flexibility index (Phi) is 7.85. The highest BCUT2D eigenvalue weighted by atomic mass is 16.5. The van der Waals surface area contributed by atoms with Crippen molar-refractivity contribution in [3.8, 4) is 11.5 Å². The molecule has 6 rings (SSSR count). The van der Waals surface area contributed by atoms with Crippen molar-refractivity contribution in [3.63, 3.8) is 0 Å². The van der Waals surface area contributed by atoms with E-state index in [0.29, 0.717) is 13.0 Å². The molecule has 0 radical (unpaired) electrons. The molecule has 1 aromatic heterocycles. The van der Waals surface area contributed by atoms with Crippen molar-refractivity contribution in [2.24, 2.45) is 0 Å². The fraction of sp³-hybridized carbons (Fsp3) is 0.364. The molecule has 1 saturated heterocycles. The van der Waals surface area contributed by atoms with Gasteiger partial charge in [-0.15, -0.1) is 0 Å². The Morgan fingerprint density at radius 1 is 0.927 bits per heavy atom. The van der Waals surface area contributed by atoms with Gasteiger partial charge in [0.1, 0.15) is 17.5 Å². The van der Waals surface area contributed by atoms with Crippen molar-refractivity contribution in [1.82, 2.24) is 15.2 Å². The molecule has 0 spiro atoms. The predicted molar refractivity (Wildman–Crippen MR) is 161 cm³/mol. The molecular weight excluding hydrogens is 516 g/mol. The van der Waals surface area contributed by atoms with Crippen molar-refractivity contribution >= 4 is 22.6 Å². The largest absolute Gasteiger partial charge is 0.496 e. The van der Waals surface area contributed by atoms with Crippen molar-refractivity contribution in [2.45, 2.75) is 32.0 Å². The minimum Gasteiger partial charge on any atom is -0.496 e. The Morgan fingerprint density at radius 3 is 2.46 bits per heavy atom. The van der Waals surface area contributed by atoms with Gasteiger partial charge in [0.15, 0.2) is 0 Å². The molecule has 0 unspecified atom stereocenters. The van der Waals surface area contributed by atoms with Crippen LogP contribution in [0, 0.1) is 0 Å². The zero-order chi connectivity index (χ0) is 28.3. The SMILES string of the molecule is CCOC(=O)[C@@H]1Cc2c([nH]c3ccccc23)[C@@H](c2ccc(OC)c(CN3CCN(c4ccccc4OC)CC3)c2)N1. The first kappa shape index (κ1) is 27.2. The summed E-state index contributed by atoms with van der Waals surface area (Å²) in [7, 11) is 3.45. The molecule has 4 aromatic rings. The maximum atomic E-state index is 12.9. The van der Waals surface area contributed by atoms with Gasteiger partial charge in [0.25, 0.3) is 0 Å². The number of hydrogen-bond donors (Lipinski definition) is 2. The first-order chi connectivity index (χ1) is 20.1. The van der Waals surface area contributed by atoms with Crippen LogP contribution in [0.1, 0.15) is 35.3 Å². The quantitative estimate of drug-likeness (QED) is 0.307. The summed E-state index contributed by atoms with van der Waals surface area (Å²) in [6.45, 7) is 6.71. The monoisotopic (exact) mass is 554 g/mol. The number of benzene rings is 3. The highest BCUT2D eigenvalue weighted by Gasteiger charge is 2.35. The van der Waals surface area contributed by atoms with Gasteiger partial charge in [0, 0.05) is 61.3 Å². The molecule has 41 heavy (non-hydrogen) atoms. The van der Waals surface area contributed by atoms with Crippen LogP contribution in [0.3, 0.4) is 0 Å². The average molecular weight is 555 g/mol. The molecular formula is C33H38N4O4. The van der Waals surface area contributed by atoms with Crippen molar-refractivity contribution in [3.05, 3.63) is 89.1 Å². The molecule has 3 heterocycles. The molecule has 2 aliphatic rings. The number of rotatable bonds is 8. The molecule has 0 aliphatic carbocycles. The fourth-order valence-electron chi connectivity index (χ4n) is 6.27. The Balaban J connectivity index is 1.26. The second-order valence-corrected chi connectivity index (χ2v) is 10.7. The van der Waals surface area contributed by atoms with Crippen molar-refractivity contribution < 1.29 is 19.0 Å². The summed E-state index contributed by atoms with van der Waals surface area (Å²) in [5, 5.41) is 4.75. The van der Waals surface area contributed by atoms with Crippen LogP contribution in [-0.4, -0.2) is 68.9 Å². The summed E-state index contributed by atoms with van der Waals surface area (Å²) in [4.78, 5) is 21.4. The number of carbonyl (C=O) groups excluding carboxylic acids is 1. The number of esters is 1. The fourth-order valence-corrected chi connectivity index (χ4v) is 6.27. The second kappa shape index (κ2) is 11.8. The highest BCUT2D eigenvalue weighted by molar-refractivity contribution is 5.87. The van der Waals surface area contributed by atoms with E-state index in [9.17, 15) is 4.79 Å². The molecule has 8 nitrogen and oxygen atoms in total. The number of nitrogens with one attached hydrogen (secondary N) is 2. The van der Waals surface area contributed by atoms with E-state index < -0.39 is 6.04 Å². The van der Waals surface area contributed by atoms with E-state index in [0.717, 1.165) is 77.6 Å². The normalized spacial score (nSPS) is 19.1. The Hall–Kier alpha value is -4.01. The van der Waals surface area contributed by atoms with Crippen LogP contribution in [0.5, 0.6) is 11.5 Å². The summed E-state index contributed by atoms with van der Waals surface area (Å²) in [6, 6.07) is 22.3. The summed E-state index contributed by atoms with van der Waals surface area (Å²) in [5.74, 6) is 1.57. The predicted octanol–water partition coefficient (Wildman–Crippen LogP) is 4.67. The summed E-state index contributed by atoms with van der Waals surface area (Å²) >= 11 is 0. The molecule has 0 bridgehead atoms. The standard InChI is InChI=1S/C33H38N4O4/c1-4-41-33(38)27-20-25-24-9-5-6-10-26(24)34-32(25)31(35-27)22-13-14-29(39-2)23(19-22)21-36-15-17-37(18-16-36)28-11-7-8-12-30(28)40-3/h5-14,19,27,31,34-35H,4,15-18,20-21H2,1-3H3/t27-,31+/m0/s1. The molecule has 2 atom stereocenters. The maximum Gasteiger partial charge on any atom is 0.323 e. The number of H-pyrrole nitrogens is 1. The second-order valence-electron chi connectivity index (χ2n) is 10.7. The minimum absolute atomic E-state index is 0.174. The number of fused-ring (bicyclic) bond motifs is 3. The van der Waals surface area contributed by atoms with E-state index >= 15 is 0 Å². The van der Waals surface area contributed by atoms with Gasteiger partial charge in [-0.1, -0.05) is 36.4 Å². The minimum atomic E-state index is -0.416. The summed E-state index contributed by atoms with van der Waals surface area (Å²) in [5.41, 5.74) is 6.72. The van der Waals surface area contributed by atoms with E-state index in [1.807, 2.05) is 37.3 Å². The number of aromatic amines is 1. The maximum absolute atomic E-state index is 12.9. The first-order valence-electron chi connectivity index (χ1n) is 14.4. The Bertz CT molecular complexity index is 1520. The van der Waals surface area contributed by atoms with Gasteiger partial charge in [0.2, 0.25) is 0 Å². The summed E-state index contributed by atoms with van der Waals surface area (Å²) < 4.78 is 16.8. The number of anilines is 1. The van der Waals surface area contributed by atoms with E-state index in [4.69, 9.17) is 14.2 Å². The molecule has 3 aromatic carbocycles. The molecule has 214 valence electrons. The van der Waals surface area contributed by atoms with E-state index in [1.54, 1.807) is 14.2 Å². The number of aromatic nitrogens is 1. The number of hydrogen-bond acceptors (Lipinski definition) is 7. The van der Waals surface area contributed by atoms with Crippen molar-refractivity contribution in [1.29, 1.82) is 0 Å². The lowest BCUT2D eigenvalue weighted by Gasteiger charge is -2.37. The van der Waals surface area contributed by atoms with Gasteiger partial charge in [0.05, 0.1) is 32.6 Å². The lowest BCUT2D eigenvalue weighted by Crippen LogP contribution is -2.46. The van der Waals surface area contributed by atoms with Crippen LogP contribution >= 0.6 is 0 Å². The van der Waals surface area contributed by atoms with E-state index in [2.05, 4.69) is 56.5 Å². The van der Waals surface area contributed by atoms with Crippen molar-refractivity contribution in [2.75, 3.05) is 51.9 Å². The van der Waals surface area contributed by atoms with Gasteiger partial charge in [-0.05, 0) is 48.4 Å². The van der Waals surface area contributed by atoms with Gasteiger partial charge < -0.3 is 24.1 Å². The average Bonchev–Trinajstić information content (AvgIpc) is 3.40. The van der Waals surface area contributed by atoms with Gasteiger partial charge in [-0.25, -0.2) is 0 Å². The number of ether oxygens (including phenoxy) is 3. The van der Waals surface area contributed by atoms with Gasteiger partial charge in [-0.2, -0.15) is 0 Å². The zero-order valence-corrected chi connectivity index (χ0v) is 24.0. The number of para-hydroxylation sites is 3. The number of methoxy groups -OCH3 is 2. The third kappa shape index (κ3) is 5.37. The lowest BCUT2D eigenvalue weighted by molar-refractivity contribution is -0.146. The third-order valence-corrected chi connectivity index (χ3v) is 8.31. The Labute approximate surface area is 241 Å². The number of carbonyl (C=O) groups is 1. The topological polar surface area (TPSA) is 79.1 Å². The van der Waals surface area contributed by atoms with Gasteiger partial charge in [-0.3, -0.25) is 15.0 Å². The smallest absolute Gasteiger partial charge is 0.323 e. The number of piperazine rings is 1. The summed E-state index contributed by atoms with van der Waals surface area (Å²) in [6.07, 6.45) is 0.591. The molecule has 1 fully saturated rings. The molecule has 2 N–H and O–H groups in total. The molecule has 0 amide bonds. The third-order valence-electron chi connectivity index (χ3n) is 8.31. The van der Waals surface area contributed by atoms with Crippen LogP contribution in [0.2, 0.25) is 0 Å². The van der Waals surface area contributed by atoms with E-state index in [-0.39, 0.29) is 12.0 Å². The van der Waals surface area contributed by atoms with Crippen LogP contribution in [-0.2, 0) is 22.5 Å². The van der Waals surface area contributed by atoms with Gasteiger partial charge >= 0.3 is 5.97 Å². The first-order valence-corrected chi connectivity index (χ1v) is 14.4. The molecule has 8 heteroatoms. The van der Waals surface area contributed by atoms with Crippen LogP contribution in [0.25, 0.3) is 10.9 Å². The molecule has 0 saturated carbocycles. The molecule has 2 aliphatic heterocycles. The van der Waals surface area contributed by atoms with Crippen LogP contribution in [0.15, 0.2) is 66.7 Å². The highest BCUT2D eigenvalue weighted by Crippen LogP contribution is 2.37. The van der Waals surface area contributed by atoms with E-state index in [1.165, 1.54) is 5.56 Å². The Morgan fingerprint density at radius 2 is 1.68 bits per heavy atom. The zero-order valence-electron chi connectivity index (χ0n) is 24.0. The number of nitrogens with zero attached hydrogens (tertiary/aromatic N) is 2. The lowest BCUT2D eigenvalue weighted by atomic mass is 9.89.